The zero-order valence-electron chi connectivity index (χ0n) is 12.6. The molecule has 19 heavy (non-hydrogen) atoms. The van der Waals surface area contributed by atoms with Crippen LogP contribution in [0.1, 0.15) is 57.3 Å². The first-order chi connectivity index (χ1) is 9.06. The summed E-state index contributed by atoms with van der Waals surface area (Å²) < 4.78 is 6.22. The highest BCUT2D eigenvalue weighted by Gasteiger charge is 2.23. The molecule has 1 fully saturated rings. The maximum absolute atomic E-state index is 6.22. The molecule has 1 aliphatic heterocycles. The number of ether oxygens (including phenoxy) is 1. The fourth-order valence-corrected chi connectivity index (χ4v) is 2.66. The summed E-state index contributed by atoms with van der Waals surface area (Å²) >= 11 is 0. The van der Waals surface area contributed by atoms with Crippen molar-refractivity contribution in [2.24, 2.45) is 5.92 Å². The quantitative estimate of drug-likeness (QED) is 0.888. The smallest absolute Gasteiger partial charge is 0.0953 e. The molecule has 2 rings (SSSR count). The van der Waals surface area contributed by atoms with E-state index < -0.39 is 0 Å². The van der Waals surface area contributed by atoms with Crippen molar-refractivity contribution >= 4 is 0 Å². The topological polar surface area (TPSA) is 21.3 Å². The molecule has 0 radical (unpaired) electrons. The van der Waals surface area contributed by atoms with Gasteiger partial charge >= 0.3 is 0 Å². The van der Waals surface area contributed by atoms with Crippen LogP contribution in [-0.4, -0.2) is 19.2 Å². The highest BCUT2D eigenvalue weighted by molar-refractivity contribution is 5.26. The van der Waals surface area contributed by atoms with E-state index in [-0.39, 0.29) is 6.10 Å². The van der Waals surface area contributed by atoms with Crippen LogP contribution in [-0.2, 0) is 4.74 Å². The largest absolute Gasteiger partial charge is 0.368 e. The summed E-state index contributed by atoms with van der Waals surface area (Å²) in [4.78, 5) is 0. The molecule has 0 amide bonds. The van der Waals surface area contributed by atoms with Gasteiger partial charge in [-0.3, -0.25) is 0 Å². The number of benzene rings is 1. The molecule has 1 N–H and O–H groups in total. The second kappa shape index (κ2) is 6.53. The fraction of sp³-hybridized carbons (Fsp3) is 0.647. The van der Waals surface area contributed by atoms with Crippen LogP contribution >= 0.6 is 0 Å². The molecule has 1 saturated heterocycles. The molecule has 0 saturated carbocycles. The van der Waals surface area contributed by atoms with Crippen molar-refractivity contribution in [1.82, 2.24) is 5.32 Å². The van der Waals surface area contributed by atoms with Gasteiger partial charge in [0.15, 0.2) is 0 Å². The molecular formula is C17H27NO. The maximum atomic E-state index is 6.22. The normalized spacial score (nSPS) is 24.1. The Labute approximate surface area is 117 Å². The molecule has 1 aliphatic rings. The third-order valence-corrected chi connectivity index (χ3v) is 3.77. The fourth-order valence-electron chi connectivity index (χ4n) is 2.66. The van der Waals surface area contributed by atoms with E-state index in [0.29, 0.717) is 17.9 Å². The molecule has 2 nitrogen and oxygen atoms in total. The molecule has 2 unspecified atom stereocenters. The monoisotopic (exact) mass is 261 g/mol. The Morgan fingerprint density at radius 3 is 2.37 bits per heavy atom. The van der Waals surface area contributed by atoms with Gasteiger partial charge in [0.1, 0.15) is 0 Å². The Hall–Kier alpha value is -0.860. The molecule has 2 atom stereocenters. The van der Waals surface area contributed by atoms with E-state index in [1.54, 1.807) is 0 Å². The van der Waals surface area contributed by atoms with E-state index in [9.17, 15) is 0 Å². The van der Waals surface area contributed by atoms with Gasteiger partial charge in [-0.2, -0.15) is 0 Å². The first kappa shape index (κ1) is 14.5. The summed E-state index contributed by atoms with van der Waals surface area (Å²) in [6.07, 6.45) is 1.69. The lowest BCUT2D eigenvalue weighted by molar-refractivity contribution is -0.0474. The lowest BCUT2D eigenvalue weighted by Crippen LogP contribution is -2.41. The number of morpholine rings is 1. The van der Waals surface area contributed by atoms with Gasteiger partial charge in [0, 0.05) is 13.1 Å². The van der Waals surface area contributed by atoms with Crippen LogP contribution in [0, 0.1) is 5.92 Å². The van der Waals surface area contributed by atoms with Crippen LogP contribution < -0.4 is 5.32 Å². The molecule has 1 aromatic carbocycles. The Kier molecular flexibility index (Phi) is 5.00. The first-order valence-corrected chi connectivity index (χ1v) is 7.52. The van der Waals surface area contributed by atoms with Crippen molar-refractivity contribution < 1.29 is 4.74 Å². The molecule has 2 heteroatoms. The lowest BCUT2D eigenvalue weighted by Gasteiger charge is -2.32. The number of hydrogen-bond donors (Lipinski definition) is 1. The Bertz CT molecular complexity index is 383. The molecule has 1 aromatic rings. The van der Waals surface area contributed by atoms with Gasteiger partial charge in [-0.25, -0.2) is 0 Å². The number of nitrogens with one attached hydrogen (secondary N) is 1. The van der Waals surface area contributed by atoms with E-state index >= 15 is 0 Å². The van der Waals surface area contributed by atoms with Crippen LogP contribution in [0.15, 0.2) is 24.3 Å². The van der Waals surface area contributed by atoms with Crippen LogP contribution in [0.3, 0.4) is 0 Å². The maximum Gasteiger partial charge on any atom is 0.0953 e. The molecule has 0 aliphatic carbocycles. The average Bonchev–Trinajstić information content (AvgIpc) is 2.38. The zero-order chi connectivity index (χ0) is 13.8. The summed E-state index contributed by atoms with van der Waals surface area (Å²) in [5, 5.41) is 3.50. The predicted octanol–water partition coefficient (Wildman–Crippen LogP) is 3.89. The van der Waals surface area contributed by atoms with Gasteiger partial charge in [-0.1, -0.05) is 52.0 Å². The van der Waals surface area contributed by atoms with Crippen molar-refractivity contribution in [2.75, 3.05) is 13.1 Å². The lowest BCUT2D eigenvalue weighted by atomic mass is 9.98. The molecule has 0 spiro atoms. The number of hydrogen-bond acceptors (Lipinski definition) is 2. The van der Waals surface area contributed by atoms with E-state index in [1.165, 1.54) is 11.1 Å². The molecule has 0 bridgehead atoms. The summed E-state index contributed by atoms with van der Waals surface area (Å²) in [7, 11) is 0. The third kappa shape index (κ3) is 4.05. The Balaban J connectivity index is 2.00. The Morgan fingerprint density at radius 2 is 1.79 bits per heavy atom. The minimum absolute atomic E-state index is 0.207. The average molecular weight is 261 g/mol. The van der Waals surface area contributed by atoms with Crippen molar-refractivity contribution in [3.05, 3.63) is 35.4 Å². The van der Waals surface area contributed by atoms with Crippen LogP contribution in [0.4, 0.5) is 0 Å². The number of rotatable bonds is 4. The standard InChI is InChI=1S/C17H27NO/c1-12(2)9-16-10-18-11-17(19-16)15-7-5-14(6-8-15)13(3)4/h5-8,12-13,16-18H,9-11H2,1-4H3. The van der Waals surface area contributed by atoms with Gasteiger partial charge in [-0.15, -0.1) is 0 Å². The summed E-state index contributed by atoms with van der Waals surface area (Å²) in [6.45, 7) is 10.9. The SMILES string of the molecule is CC(C)CC1CNCC(c2ccc(C(C)C)cc2)O1. The summed E-state index contributed by atoms with van der Waals surface area (Å²) in [5.74, 6) is 1.28. The van der Waals surface area contributed by atoms with Crippen molar-refractivity contribution in [3.63, 3.8) is 0 Å². The van der Waals surface area contributed by atoms with Crippen molar-refractivity contribution in [3.8, 4) is 0 Å². The first-order valence-electron chi connectivity index (χ1n) is 7.52. The van der Waals surface area contributed by atoms with E-state index in [4.69, 9.17) is 4.74 Å². The van der Waals surface area contributed by atoms with Crippen molar-refractivity contribution in [2.45, 2.75) is 52.2 Å². The van der Waals surface area contributed by atoms with E-state index in [0.717, 1.165) is 19.5 Å². The minimum Gasteiger partial charge on any atom is -0.368 e. The Morgan fingerprint density at radius 1 is 1.11 bits per heavy atom. The minimum atomic E-state index is 0.207. The predicted molar refractivity (Wildman–Crippen MR) is 80.5 cm³/mol. The second-order valence-electron chi connectivity index (χ2n) is 6.36. The van der Waals surface area contributed by atoms with Gasteiger partial charge in [0.05, 0.1) is 12.2 Å². The highest BCUT2D eigenvalue weighted by atomic mass is 16.5. The van der Waals surface area contributed by atoms with Crippen LogP contribution in [0.5, 0.6) is 0 Å². The van der Waals surface area contributed by atoms with Crippen LogP contribution in [0.25, 0.3) is 0 Å². The second-order valence-corrected chi connectivity index (χ2v) is 6.36. The molecule has 0 aromatic heterocycles. The van der Waals surface area contributed by atoms with Crippen LogP contribution in [0.2, 0.25) is 0 Å². The van der Waals surface area contributed by atoms with Gasteiger partial charge in [0.25, 0.3) is 0 Å². The van der Waals surface area contributed by atoms with E-state index in [1.807, 2.05) is 0 Å². The van der Waals surface area contributed by atoms with Crippen molar-refractivity contribution in [1.29, 1.82) is 0 Å². The summed E-state index contributed by atoms with van der Waals surface area (Å²) in [5.41, 5.74) is 2.69. The zero-order valence-corrected chi connectivity index (χ0v) is 12.6. The van der Waals surface area contributed by atoms with Gasteiger partial charge in [-0.05, 0) is 29.4 Å². The molecule has 1 heterocycles. The van der Waals surface area contributed by atoms with Gasteiger partial charge < -0.3 is 10.1 Å². The highest BCUT2D eigenvalue weighted by Crippen LogP contribution is 2.25. The summed E-state index contributed by atoms with van der Waals surface area (Å²) in [6, 6.07) is 8.91. The van der Waals surface area contributed by atoms with Gasteiger partial charge in [0.2, 0.25) is 0 Å². The van der Waals surface area contributed by atoms with E-state index in [2.05, 4.69) is 57.3 Å². The molecular weight excluding hydrogens is 234 g/mol. The molecule has 106 valence electrons. The third-order valence-electron chi connectivity index (χ3n) is 3.77.